The van der Waals surface area contributed by atoms with E-state index in [1.54, 1.807) is 11.8 Å². The van der Waals surface area contributed by atoms with Crippen molar-refractivity contribution in [1.82, 2.24) is 10.6 Å². The second-order valence-electron chi connectivity index (χ2n) is 3.46. The third-order valence-electron chi connectivity index (χ3n) is 2.29. The first-order valence-electron chi connectivity index (χ1n) is 4.45. The first kappa shape index (κ1) is 11.1. The molecule has 0 aromatic rings. The van der Waals surface area contributed by atoms with Gasteiger partial charge in [0.1, 0.15) is 0 Å². The summed E-state index contributed by atoms with van der Waals surface area (Å²) in [5.41, 5.74) is 0. The fourth-order valence-corrected chi connectivity index (χ4v) is 2.20. The van der Waals surface area contributed by atoms with Crippen molar-refractivity contribution in [2.75, 3.05) is 18.2 Å². The van der Waals surface area contributed by atoms with Gasteiger partial charge in [-0.3, -0.25) is 10.1 Å². The molecule has 0 radical (unpaired) electrons. The Morgan fingerprint density at radius 1 is 1.54 bits per heavy atom. The monoisotopic (exact) mass is 222 g/mol. The second-order valence-corrected chi connectivity index (χ2v) is 4.49. The Balaban J connectivity index is 0.000000845. The number of nitrogens with one attached hydrogen (secondary N) is 2. The van der Waals surface area contributed by atoms with Crippen LogP contribution in [0.5, 0.6) is 0 Å². The van der Waals surface area contributed by atoms with Gasteiger partial charge in [-0.1, -0.05) is 0 Å². The molecule has 2 N–H and O–H groups in total. The summed E-state index contributed by atoms with van der Waals surface area (Å²) in [6.07, 6.45) is 2.60. The highest BCUT2D eigenvalue weighted by Gasteiger charge is 2.25. The molecule has 0 aromatic heterocycles. The maximum atomic E-state index is 11.4. The minimum absolute atomic E-state index is 0. The SMILES string of the molecule is Cl.O=C(NCC1CC1)C1CSCN1. The molecule has 5 heteroatoms. The van der Waals surface area contributed by atoms with Crippen LogP contribution in [0.4, 0.5) is 0 Å². The summed E-state index contributed by atoms with van der Waals surface area (Å²) in [4.78, 5) is 11.4. The lowest BCUT2D eigenvalue weighted by atomic mass is 10.3. The molecular formula is C8H15ClN2OS. The van der Waals surface area contributed by atoms with E-state index in [0.717, 1.165) is 24.1 Å². The average molecular weight is 223 g/mol. The van der Waals surface area contributed by atoms with E-state index in [2.05, 4.69) is 10.6 Å². The van der Waals surface area contributed by atoms with Gasteiger partial charge in [0.25, 0.3) is 0 Å². The normalized spacial score (nSPS) is 26.6. The van der Waals surface area contributed by atoms with E-state index in [4.69, 9.17) is 0 Å². The van der Waals surface area contributed by atoms with Crippen LogP contribution >= 0.6 is 24.2 Å². The predicted molar refractivity (Wildman–Crippen MR) is 57.2 cm³/mol. The number of carbonyl (C=O) groups is 1. The van der Waals surface area contributed by atoms with Crippen LogP contribution in [-0.4, -0.2) is 30.1 Å². The lowest BCUT2D eigenvalue weighted by Crippen LogP contribution is -2.42. The van der Waals surface area contributed by atoms with Crippen LogP contribution in [-0.2, 0) is 4.79 Å². The lowest BCUT2D eigenvalue weighted by Gasteiger charge is -2.09. The van der Waals surface area contributed by atoms with Crippen molar-refractivity contribution in [3.8, 4) is 0 Å². The van der Waals surface area contributed by atoms with Gasteiger partial charge in [0.15, 0.2) is 0 Å². The van der Waals surface area contributed by atoms with Gasteiger partial charge >= 0.3 is 0 Å². The molecule has 13 heavy (non-hydrogen) atoms. The number of hydrogen-bond donors (Lipinski definition) is 2. The van der Waals surface area contributed by atoms with Gasteiger partial charge in [0.05, 0.1) is 6.04 Å². The molecule has 0 spiro atoms. The number of hydrogen-bond acceptors (Lipinski definition) is 3. The predicted octanol–water partition coefficient (Wildman–Crippen LogP) is 0.597. The fourth-order valence-electron chi connectivity index (χ4n) is 1.25. The molecular weight excluding hydrogens is 208 g/mol. The molecule has 1 saturated heterocycles. The Kier molecular flexibility index (Phi) is 4.35. The number of thioether (sulfide) groups is 1. The third-order valence-corrected chi connectivity index (χ3v) is 3.23. The summed E-state index contributed by atoms with van der Waals surface area (Å²) in [6.45, 7) is 0.891. The molecule has 1 saturated carbocycles. The molecule has 1 aliphatic heterocycles. The second kappa shape index (κ2) is 5.08. The first-order valence-corrected chi connectivity index (χ1v) is 5.60. The molecule has 0 bridgehead atoms. The van der Waals surface area contributed by atoms with Gasteiger partial charge in [0, 0.05) is 18.2 Å². The van der Waals surface area contributed by atoms with Gasteiger partial charge in [-0.05, 0) is 18.8 Å². The molecule has 2 fully saturated rings. The summed E-state index contributed by atoms with van der Waals surface area (Å²) in [6, 6.07) is 0.0637. The maximum absolute atomic E-state index is 11.4. The van der Waals surface area contributed by atoms with E-state index < -0.39 is 0 Å². The van der Waals surface area contributed by atoms with E-state index in [-0.39, 0.29) is 24.4 Å². The topological polar surface area (TPSA) is 41.1 Å². The largest absolute Gasteiger partial charge is 0.354 e. The van der Waals surface area contributed by atoms with Crippen molar-refractivity contribution in [2.24, 2.45) is 5.92 Å². The van der Waals surface area contributed by atoms with Crippen molar-refractivity contribution < 1.29 is 4.79 Å². The summed E-state index contributed by atoms with van der Waals surface area (Å²) in [5.74, 6) is 2.81. The molecule has 1 atom stereocenters. The van der Waals surface area contributed by atoms with Crippen molar-refractivity contribution >= 4 is 30.1 Å². The standard InChI is InChI=1S/C8H14N2OS.ClH/c11-8(7-4-12-5-10-7)9-3-6-1-2-6;/h6-7,10H,1-5H2,(H,9,11);1H. The number of rotatable bonds is 3. The Morgan fingerprint density at radius 3 is 2.85 bits per heavy atom. The smallest absolute Gasteiger partial charge is 0.238 e. The van der Waals surface area contributed by atoms with Crippen LogP contribution < -0.4 is 10.6 Å². The number of carbonyl (C=O) groups excluding carboxylic acids is 1. The molecule has 0 aromatic carbocycles. The van der Waals surface area contributed by atoms with Gasteiger partial charge in [-0.2, -0.15) is 0 Å². The van der Waals surface area contributed by atoms with E-state index in [1.807, 2.05) is 0 Å². The molecule has 1 aliphatic carbocycles. The van der Waals surface area contributed by atoms with E-state index in [9.17, 15) is 4.79 Å². The number of halogens is 1. The molecule has 3 nitrogen and oxygen atoms in total. The summed E-state index contributed by atoms with van der Waals surface area (Å²) >= 11 is 1.79. The highest BCUT2D eigenvalue weighted by atomic mass is 35.5. The van der Waals surface area contributed by atoms with Crippen molar-refractivity contribution in [1.29, 1.82) is 0 Å². The van der Waals surface area contributed by atoms with Gasteiger partial charge in [0.2, 0.25) is 5.91 Å². The van der Waals surface area contributed by atoms with Crippen LogP contribution in [0.25, 0.3) is 0 Å². The summed E-state index contributed by atoms with van der Waals surface area (Å²) in [5, 5.41) is 6.12. The van der Waals surface area contributed by atoms with Crippen LogP contribution in [0.15, 0.2) is 0 Å². The molecule has 1 unspecified atom stereocenters. The first-order chi connectivity index (χ1) is 5.86. The quantitative estimate of drug-likeness (QED) is 0.735. The molecule has 76 valence electrons. The highest BCUT2D eigenvalue weighted by molar-refractivity contribution is 7.99. The molecule has 1 amide bonds. The Morgan fingerprint density at radius 2 is 2.31 bits per heavy atom. The van der Waals surface area contributed by atoms with Gasteiger partial charge < -0.3 is 5.32 Å². The summed E-state index contributed by atoms with van der Waals surface area (Å²) < 4.78 is 0. The minimum atomic E-state index is 0. The maximum Gasteiger partial charge on any atom is 0.238 e. The minimum Gasteiger partial charge on any atom is -0.354 e. The van der Waals surface area contributed by atoms with Crippen LogP contribution in [0.3, 0.4) is 0 Å². The summed E-state index contributed by atoms with van der Waals surface area (Å²) in [7, 11) is 0. The zero-order valence-corrected chi connectivity index (χ0v) is 9.05. The van der Waals surface area contributed by atoms with E-state index >= 15 is 0 Å². The fraction of sp³-hybridized carbons (Fsp3) is 0.875. The zero-order chi connectivity index (χ0) is 8.39. The van der Waals surface area contributed by atoms with E-state index in [1.165, 1.54) is 12.8 Å². The van der Waals surface area contributed by atoms with Crippen molar-refractivity contribution in [2.45, 2.75) is 18.9 Å². The highest BCUT2D eigenvalue weighted by Crippen LogP contribution is 2.27. The Labute approximate surface area is 88.8 Å². The van der Waals surface area contributed by atoms with Crippen LogP contribution in [0.2, 0.25) is 0 Å². The zero-order valence-electron chi connectivity index (χ0n) is 7.41. The van der Waals surface area contributed by atoms with Gasteiger partial charge in [-0.25, -0.2) is 0 Å². The van der Waals surface area contributed by atoms with E-state index in [0.29, 0.717) is 0 Å². The molecule has 1 heterocycles. The van der Waals surface area contributed by atoms with Gasteiger partial charge in [-0.15, -0.1) is 24.2 Å². The Bertz CT molecular complexity index is 181. The average Bonchev–Trinajstić information content (AvgIpc) is 2.74. The van der Waals surface area contributed by atoms with Crippen LogP contribution in [0, 0.1) is 5.92 Å². The molecule has 2 aliphatic rings. The lowest BCUT2D eigenvalue weighted by molar-refractivity contribution is -0.122. The van der Waals surface area contributed by atoms with Crippen molar-refractivity contribution in [3.05, 3.63) is 0 Å². The third kappa shape index (κ3) is 3.37. The van der Waals surface area contributed by atoms with Crippen LogP contribution in [0.1, 0.15) is 12.8 Å². The number of amides is 1. The van der Waals surface area contributed by atoms with Crippen molar-refractivity contribution in [3.63, 3.8) is 0 Å². The molecule has 2 rings (SSSR count). The Hall–Kier alpha value is 0.0700.